The Morgan fingerprint density at radius 2 is 2.05 bits per heavy atom. The molecule has 0 saturated carbocycles. The number of anilines is 1. The number of nitrogens with zero attached hydrogens (tertiary/aromatic N) is 2. The lowest BCUT2D eigenvalue weighted by atomic mass is 10.3. The van der Waals surface area contributed by atoms with Crippen molar-refractivity contribution in [2.45, 2.75) is 25.7 Å². The van der Waals surface area contributed by atoms with E-state index >= 15 is 0 Å². The summed E-state index contributed by atoms with van der Waals surface area (Å²) in [6.07, 6.45) is 1.18. The van der Waals surface area contributed by atoms with E-state index in [-0.39, 0.29) is 0 Å². The minimum absolute atomic E-state index is 0.297. The van der Waals surface area contributed by atoms with Gasteiger partial charge in [-0.2, -0.15) is 0 Å². The lowest BCUT2D eigenvalue weighted by Crippen LogP contribution is -2.16. The molecule has 0 bridgehead atoms. The molecular formula is C11H18IN3O3S. The summed E-state index contributed by atoms with van der Waals surface area (Å²) >= 11 is 2.13. The fraction of sp³-hybridized carbons (Fsp3) is 0.636. The molecule has 0 aromatic carbocycles. The van der Waals surface area contributed by atoms with Gasteiger partial charge in [-0.25, -0.2) is 18.4 Å². The van der Waals surface area contributed by atoms with Gasteiger partial charge in [-0.05, 0) is 36.4 Å². The minimum atomic E-state index is -3.23. The van der Waals surface area contributed by atoms with Gasteiger partial charge in [0.05, 0.1) is 15.9 Å². The number of methoxy groups -OCH3 is 1. The molecule has 1 heterocycles. The Morgan fingerprint density at radius 3 is 2.53 bits per heavy atom. The number of halogens is 1. The Kier molecular flexibility index (Phi) is 5.93. The maximum atomic E-state index is 11.6. The average Bonchev–Trinajstić information content (AvgIpc) is 2.32. The van der Waals surface area contributed by atoms with Gasteiger partial charge in [0, 0.05) is 19.9 Å². The summed E-state index contributed by atoms with van der Waals surface area (Å²) in [5, 5.41) is 2.37. The predicted octanol–water partition coefficient (Wildman–Crippen LogP) is 1.77. The van der Waals surface area contributed by atoms with E-state index in [1.807, 2.05) is 6.92 Å². The van der Waals surface area contributed by atoms with Gasteiger partial charge in [0.25, 0.3) is 0 Å². The van der Waals surface area contributed by atoms with Crippen molar-refractivity contribution in [3.8, 4) is 0 Å². The van der Waals surface area contributed by atoms with E-state index in [4.69, 9.17) is 4.74 Å². The molecule has 0 aliphatic rings. The Bertz CT molecular complexity index is 521. The fourth-order valence-electron chi connectivity index (χ4n) is 1.40. The summed E-state index contributed by atoms with van der Waals surface area (Å²) in [6, 6.07) is 0. The van der Waals surface area contributed by atoms with Gasteiger partial charge in [-0.3, -0.25) is 0 Å². The summed E-state index contributed by atoms with van der Waals surface area (Å²) in [6.45, 7) is 4.56. The van der Waals surface area contributed by atoms with Crippen molar-refractivity contribution in [1.29, 1.82) is 0 Å². The first-order chi connectivity index (χ1) is 8.81. The first-order valence-corrected chi connectivity index (χ1v) is 8.82. The van der Waals surface area contributed by atoms with Crippen LogP contribution in [0.1, 0.15) is 30.6 Å². The standard InChI is InChI=1S/C11H18IN3O3S/c1-5-13-11-9(12)8(6-18-3)14-10(15-11)7(2)19(4,16)17/h7H,5-6H2,1-4H3,(H,13,14,15). The number of nitrogens with one attached hydrogen (secondary N) is 1. The van der Waals surface area contributed by atoms with Gasteiger partial charge in [-0.15, -0.1) is 0 Å². The van der Waals surface area contributed by atoms with Crippen LogP contribution in [-0.2, 0) is 21.2 Å². The largest absolute Gasteiger partial charge is 0.378 e. The highest BCUT2D eigenvalue weighted by Gasteiger charge is 2.23. The molecule has 0 spiro atoms. The summed E-state index contributed by atoms with van der Waals surface area (Å²) < 4.78 is 29.2. The van der Waals surface area contributed by atoms with Crippen LogP contribution < -0.4 is 5.32 Å². The second-order valence-electron chi connectivity index (χ2n) is 4.13. The second-order valence-corrected chi connectivity index (χ2v) is 7.57. The van der Waals surface area contributed by atoms with Crippen molar-refractivity contribution >= 4 is 38.2 Å². The summed E-state index contributed by atoms with van der Waals surface area (Å²) in [7, 11) is -1.65. The SMILES string of the molecule is CCNc1nc(C(C)S(C)(=O)=O)nc(COC)c1I. The summed E-state index contributed by atoms with van der Waals surface area (Å²) in [5.41, 5.74) is 0.694. The average molecular weight is 399 g/mol. The molecular weight excluding hydrogens is 381 g/mol. The molecule has 0 aliphatic carbocycles. The zero-order chi connectivity index (χ0) is 14.6. The van der Waals surface area contributed by atoms with Gasteiger partial charge in [0.1, 0.15) is 16.9 Å². The third-order valence-electron chi connectivity index (χ3n) is 2.57. The van der Waals surface area contributed by atoms with Crippen LogP contribution in [0, 0.1) is 3.57 Å². The van der Waals surface area contributed by atoms with E-state index in [2.05, 4.69) is 37.9 Å². The molecule has 0 aliphatic heterocycles. The van der Waals surface area contributed by atoms with Crippen molar-refractivity contribution in [3.05, 3.63) is 15.1 Å². The van der Waals surface area contributed by atoms with E-state index < -0.39 is 15.1 Å². The van der Waals surface area contributed by atoms with Crippen LogP contribution >= 0.6 is 22.6 Å². The van der Waals surface area contributed by atoms with Crippen molar-refractivity contribution in [3.63, 3.8) is 0 Å². The topological polar surface area (TPSA) is 81.2 Å². The lowest BCUT2D eigenvalue weighted by Gasteiger charge is -2.14. The van der Waals surface area contributed by atoms with Crippen LogP contribution in [0.2, 0.25) is 0 Å². The molecule has 1 unspecified atom stereocenters. The van der Waals surface area contributed by atoms with Crippen LogP contribution in [-0.4, -0.2) is 38.3 Å². The molecule has 1 N–H and O–H groups in total. The molecule has 19 heavy (non-hydrogen) atoms. The van der Waals surface area contributed by atoms with Gasteiger partial charge in [0.15, 0.2) is 9.84 Å². The molecule has 0 saturated heterocycles. The lowest BCUT2D eigenvalue weighted by molar-refractivity contribution is 0.180. The van der Waals surface area contributed by atoms with Gasteiger partial charge >= 0.3 is 0 Å². The smallest absolute Gasteiger partial charge is 0.157 e. The second kappa shape index (κ2) is 6.80. The number of ether oxygens (including phenoxy) is 1. The van der Waals surface area contributed by atoms with Crippen molar-refractivity contribution < 1.29 is 13.2 Å². The third kappa shape index (κ3) is 4.25. The molecule has 0 amide bonds. The first kappa shape index (κ1) is 16.6. The van der Waals surface area contributed by atoms with E-state index in [1.54, 1.807) is 14.0 Å². The van der Waals surface area contributed by atoms with Gasteiger partial charge < -0.3 is 10.1 Å². The van der Waals surface area contributed by atoms with Crippen molar-refractivity contribution in [2.75, 3.05) is 25.2 Å². The molecule has 6 nitrogen and oxygen atoms in total. The van der Waals surface area contributed by atoms with Crippen LogP contribution in [0.3, 0.4) is 0 Å². The summed E-state index contributed by atoms with van der Waals surface area (Å²) in [5.74, 6) is 0.946. The summed E-state index contributed by atoms with van der Waals surface area (Å²) in [4.78, 5) is 8.62. The molecule has 1 aromatic rings. The predicted molar refractivity (Wildman–Crippen MR) is 82.9 cm³/mol. The molecule has 8 heteroatoms. The number of hydrogen-bond acceptors (Lipinski definition) is 6. The molecule has 1 rings (SSSR count). The van der Waals surface area contributed by atoms with Crippen molar-refractivity contribution in [1.82, 2.24) is 9.97 Å². The Labute approximate surface area is 127 Å². The highest BCUT2D eigenvalue weighted by Crippen LogP contribution is 2.24. The monoisotopic (exact) mass is 399 g/mol. The maximum absolute atomic E-state index is 11.6. The Hall–Kier alpha value is -0.480. The van der Waals surface area contributed by atoms with E-state index in [0.29, 0.717) is 30.5 Å². The first-order valence-electron chi connectivity index (χ1n) is 5.79. The zero-order valence-corrected chi connectivity index (χ0v) is 14.4. The number of hydrogen-bond donors (Lipinski definition) is 1. The number of aromatic nitrogens is 2. The van der Waals surface area contributed by atoms with E-state index in [0.717, 1.165) is 3.57 Å². The molecule has 0 radical (unpaired) electrons. The quantitative estimate of drug-likeness (QED) is 0.735. The molecule has 0 fully saturated rings. The minimum Gasteiger partial charge on any atom is -0.378 e. The number of rotatable bonds is 6. The van der Waals surface area contributed by atoms with Crippen molar-refractivity contribution in [2.24, 2.45) is 0 Å². The maximum Gasteiger partial charge on any atom is 0.157 e. The zero-order valence-electron chi connectivity index (χ0n) is 11.4. The van der Waals surface area contributed by atoms with Crippen LogP contribution in [0.15, 0.2) is 0 Å². The highest BCUT2D eigenvalue weighted by atomic mass is 127. The Balaban J connectivity index is 3.33. The molecule has 1 atom stereocenters. The normalized spacial score (nSPS) is 13.3. The van der Waals surface area contributed by atoms with E-state index in [1.165, 1.54) is 6.26 Å². The van der Waals surface area contributed by atoms with Crippen LogP contribution in [0.25, 0.3) is 0 Å². The van der Waals surface area contributed by atoms with Gasteiger partial charge in [-0.1, -0.05) is 0 Å². The molecule has 1 aromatic heterocycles. The van der Waals surface area contributed by atoms with Crippen LogP contribution in [0.4, 0.5) is 5.82 Å². The molecule has 108 valence electrons. The fourth-order valence-corrected chi connectivity index (χ4v) is 2.48. The number of sulfone groups is 1. The van der Waals surface area contributed by atoms with E-state index in [9.17, 15) is 8.42 Å². The third-order valence-corrected chi connectivity index (χ3v) is 5.20. The highest BCUT2D eigenvalue weighted by molar-refractivity contribution is 14.1. The van der Waals surface area contributed by atoms with Gasteiger partial charge in [0.2, 0.25) is 0 Å². The Morgan fingerprint density at radius 1 is 1.42 bits per heavy atom. The van der Waals surface area contributed by atoms with Crippen LogP contribution in [0.5, 0.6) is 0 Å².